The first-order chi connectivity index (χ1) is 8.31. The van der Waals surface area contributed by atoms with Crippen LogP contribution in [0.3, 0.4) is 0 Å². The molecule has 1 aliphatic heterocycles. The van der Waals surface area contributed by atoms with E-state index >= 15 is 0 Å². The van der Waals surface area contributed by atoms with Crippen molar-refractivity contribution < 1.29 is 0 Å². The molecule has 0 radical (unpaired) electrons. The van der Waals surface area contributed by atoms with Gasteiger partial charge in [0.25, 0.3) is 0 Å². The molecule has 18 heavy (non-hydrogen) atoms. The average molecular weight is 255 g/mol. The zero-order valence-corrected chi connectivity index (χ0v) is 13.2. The maximum atomic E-state index is 6.23. The molecule has 0 saturated carbocycles. The number of likely N-dealkylation sites (tertiary alicyclic amines) is 1. The molecule has 1 aliphatic rings. The summed E-state index contributed by atoms with van der Waals surface area (Å²) in [5, 5.41) is 0. The molecule has 3 nitrogen and oxygen atoms in total. The fraction of sp³-hybridized carbons (Fsp3) is 1.00. The van der Waals surface area contributed by atoms with Gasteiger partial charge in [0, 0.05) is 31.2 Å². The highest BCUT2D eigenvalue weighted by molar-refractivity contribution is 4.94. The highest BCUT2D eigenvalue weighted by Gasteiger charge is 2.38. The van der Waals surface area contributed by atoms with Crippen molar-refractivity contribution >= 4 is 0 Å². The third-order valence-corrected chi connectivity index (χ3v) is 4.30. The van der Waals surface area contributed by atoms with Crippen molar-refractivity contribution in [2.45, 2.75) is 66.1 Å². The second kappa shape index (κ2) is 6.36. The predicted octanol–water partition coefficient (Wildman–Crippen LogP) is 2.16. The summed E-state index contributed by atoms with van der Waals surface area (Å²) in [6.07, 6.45) is 1.29. The van der Waals surface area contributed by atoms with Crippen LogP contribution in [0.4, 0.5) is 0 Å². The van der Waals surface area contributed by atoms with Gasteiger partial charge in [-0.1, -0.05) is 34.6 Å². The Morgan fingerprint density at radius 3 is 2.22 bits per heavy atom. The summed E-state index contributed by atoms with van der Waals surface area (Å²) in [7, 11) is 0. The van der Waals surface area contributed by atoms with Crippen LogP contribution in [0, 0.1) is 5.41 Å². The molecule has 3 unspecified atom stereocenters. The minimum absolute atomic E-state index is 0.237. The lowest BCUT2D eigenvalue weighted by Crippen LogP contribution is -2.53. The summed E-state index contributed by atoms with van der Waals surface area (Å²) >= 11 is 0. The van der Waals surface area contributed by atoms with Gasteiger partial charge in [-0.15, -0.1) is 0 Å². The zero-order chi connectivity index (χ0) is 13.9. The van der Waals surface area contributed by atoms with E-state index in [0.29, 0.717) is 6.04 Å². The molecule has 0 amide bonds. The lowest BCUT2D eigenvalue weighted by atomic mass is 9.82. The van der Waals surface area contributed by atoms with Gasteiger partial charge in [0.05, 0.1) is 0 Å². The Morgan fingerprint density at radius 1 is 1.28 bits per heavy atom. The van der Waals surface area contributed by atoms with Crippen LogP contribution in [0.2, 0.25) is 0 Å². The molecule has 0 bridgehead atoms. The predicted molar refractivity (Wildman–Crippen MR) is 79.8 cm³/mol. The minimum Gasteiger partial charge on any atom is -0.327 e. The highest BCUT2D eigenvalue weighted by Crippen LogP contribution is 2.30. The average Bonchev–Trinajstić information content (AvgIpc) is 2.66. The van der Waals surface area contributed by atoms with Crippen molar-refractivity contribution in [2.24, 2.45) is 11.1 Å². The molecule has 1 fully saturated rings. The number of likely N-dealkylation sites (N-methyl/N-ethyl adjacent to an activating group) is 1. The van der Waals surface area contributed by atoms with E-state index in [9.17, 15) is 0 Å². The van der Waals surface area contributed by atoms with Crippen molar-refractivity contribution in [3.05, 3.63) is 0 Å². The molecule has 0 aromatic rings. The fourth-order valence-electron chi connectivity index (χ4n) is 3.73. The molecule has 2 N–H and O–H groups in total. The van der Waals surface area contributed by atoms with Crippen molar-refractivity contribution in [1.29, 1.82) is 0 Å². The first kappa shape index (κ1) is 15.9. The van der Waals surface area contributed by atoms with Crippen LogP contribution in [0.5, 0.6) is 0 Å². The van der Waals surface area contributed by atoms with Crippen LogP contribution in [-0.2, 0) is 0 Å². The largest absolute Gasteiger partial charge is 0.327 e. The maximum absolute atomic E-state index is 6.23. The molecule has 3 heteroatoms. The van der Waals surface area contributed by atoms with E-state index in [1.165, 1.54) is 19.5 Å². The number of hydrogen-bond acceptors (Lipinski definition) is 3. The Balaban J connectivity index is 2.69. The Hall–Kier alpha value is -0.120. The molecule has 0 spiro atoms. The van der Waals surface area contributed by atoms with Crippen LogP contribution in [-0.4, -0.2) is 54.1 Å². The summed E-state index contributed by atoms with van der Waals surface area (Å²) in [4.78, 5) is 5.20. The number of hydrogen-bond donors (Lipinski definition) is 1. The van der Waals surface area contributed by atoms with E-state index in [0.717, 1.165) is 19.1 Å². The van der Waals surface area contributed by atoms with Gasteiger partial charge in [-0.25, -0.2) is 0 Å². The van der Waals surface area contributed by atoms with Crippen LogP contribution < -0.4 is 5.73 Å². The SMILES string of the molecule is CCN(CC)C1CCN(C(C(C)N)C(C)(C)C)C1. The first-order valence-corrected chi connectivity index (χ1v) is 7.54. The molecule has 108 valence electrons. The minimum atomic E-state index is 0.237. The Labute approximate surface area is 114 Å². The summed E-state index contributed by atoms with van der Waals surface area (Å²) in [6, 6.07) is 1.45. The third-order valence-electron chi connectivity index (χ3n) is 4.30. The van der Waals surface area contributed by atoms with Crippen molar-refractivity contribution in [3.63, 3.8) is 0 Å². The smallest absolute Gasteiger partial charge is 0.0293 e. The maximum Gasteiger partial charge on any atom is 0.0293 e. The van der Waals surface area contributed by atoms with Crippen LogP contribution in [0.1, 0.15) is 48.0 Å². The molecule has 1 saturated heterocycles. The Bertz CT molecular complexity index is 241. The quantitative estimate of drug-likeness (QED) is 0.817. The van der Waals surface area contributed by atoms with Crippen molar-refractivity contribution in [1.82, 2.24) is 9.80 Å². The van der Waals surface area contributed by atoms with Gasteiger partial charge >= 0.3 is 0 Å². The molecule has 0 aromatic heterocycles. The van der Waals surface area contributed by atoms with Gasteiger partial charge < -0.3 is 5.73 Å². The lowest BCUT2D eigenvalue weighted by Gasteiger charge is -2.41. The van der Waals surface area contributed by atoms with E-state index in [4.69, 9.17) is 5.73 Å². The molecule has 0 aliphatic carbocycles. The number of rotatable bonds is 5. The van der Waals surface area contributed by atoms with Crippen molar-refractivity contribution in [3.8, 4) is 0 Å². The molecular weight excluding hydrogens is 222 g/mol. The van der Waals surface area contributed by atoms with E-state index in [1.54, 1.807) is 0 Å². The zero-order valence-electron chi connectivity index (χ0n) is 13.2. The summed E-state index contributed by atoms with van der Waals surface area (Å²) < 4.78 is 0. The second-order valence-electron chi connectivity index (χ2n) is 6.83. The van der Waals surface area contributed by atoms with Gasteiger partial charge in [0.2, 0.25) is 0 Å². The highest BCUT2D eigenvalue weighted by atomic mass is 15.3. The summed E-state index contributed by atoms with van der Waals surface area (Å²) in [5.41, 5.74) is 6.49. The van der Waals surface area contributed by atoms with E-state index < -0.39 is 0 Å². The Kier molecular flexibility index (Phi) is 5.63. The standard InChI is InChI=1S/C15H33N3/c1-7-17(8-2)13-9-10-18(11-13)14(12(3)16)15(4,5)6/h12-14H,7-11,16H2,1-6H3. The second-order valence-corrected chi connectivity index (χ2v) is 6.83. The topological polar surface area (TPSA) is 32.5 Å². The molecular formula is C15H33N3. The van der Waals surface area contributed by atoms with Crippen LogP contribution in [0.15, 0.2) is 0 Å². The van der Waals surface area contributed by atoms with E-state index in [1.807, 2.05) is 0 Å². The van der Waals surface area contributed by atoms with Gasteiger partial charge in [-0.05, 0) is 31.8 Å². The van der Waals surface area contributed by atoms with Gasteiger partial charge in [-0.3, -0.25) is 9.80 Å². The molecule has 1 heterocycles. The van der Waals surface area contributed by atoms with E-state index in [2.05, 4.69) is 51.3 Å². The Morgan fingerprint density at radius 2 is 1.83 bits per heavy atom. The monoisotopic (exact) mass is 255 g/mol. The van der Waals surface area contributed by atoms with Gasteiger partial charge in [-0.2, -0.15) is 0 Å². The molecule has 3 atom stereocenters. The third kappa shape index (κ3) is 3.69. The van der Waals surface area contributed by atoms with Crippen LogP contribution >= 0.6 is 0 Å². The molecule has 0 aromatic carbocycles. The van der Waals surface area contributed by atoms with Crippen molar-refractivity contribution in [2.75, 3.05) is 26.2 Å². The lowest BCUT2D eigenvalue weighted by molar-refractivity contribution is 0.0944. The fourth-order valence-corrected chi connectivity index (χ4v) is 3.73. The number of nitrogens with two attached hydrogens (primary N) is 1. The molecule has 1 rings (SSSR count). The van der Waals surface area contributed by atoms with Crippen LogP contribution in [0.25, 0.3) is 0 Å². The van der Waals surface area contributed by atoms with E-state index in [-0.39, 0.29) is 11.5 Å². The first-order valence-electron chi connectivity index (χ1n) is 7.54. The summed E-state index contributed by atoms with van der Waals surface area (Å²) in [5.74, 6) is 0. The normalized spacial score (nSPS) is 25.7. The summed E-state index contributed by atoms with van der Waals surface area (Å²) in [6.45, 7) is 18.3. The van der Waals surface area contributed by atoms with Gasteiger partial charge in [0.15, 0.2) is 0 Å². The number of nitrogens with zero attached hydrogens (tertiary/aromatic N) is 2. The van der Waals surface area contributed by atoms with Gasteiger partial charge in [0.1, 0.15) is 0 Å².